The lowest BCUT2D eigenvalue weighted by Crippen LogP contribution is -2.49. The normalized spacial score (nSPS) is 17.8. The summed E-state index contributed by atoms with van der Waals surface area (Å²) in [6.07, 6.45) is 2.35. The first-order chi connectivity index (χ1) is 11.2. The predicted octanol–water partition coefficient (Wildman–Crippen LogP) is 3.52. The lowest BCUT2D eigenvalue weighted by Gasteiger charge is -2.34. The Hall–Kier alpha value is -2.21. The molecule has 23 heavy (non-hydrogen) atoms. The second-order valence-corrected chi connectivity index (χ2v) is 6.40. The molecule has 1 saturated heterocycles. The summed E-state index contributed by atoms with van der Waals surface area (Å²) in [5.74, 6) is -0.944. The highest BCUT2D eigenvalue weighted by atomic mass is 32.1. The van der Waals surface area contributed by atoms with E-state index in [0.717, 1.165) is 12.8 Å². The molecule has 6 heteroatoms. The maximum Gasteiger partial charge on any atom is 0.264 e. The molecule has 3 rings (SSSR count). The quantitative estimate of drug-likeness (QED) is 0.935. The van der Waals surface area contributed by atoms with Gasteiger partial charge in [-0.05, 0) is 42.8 Å². The van der Waals surface area contributed by atoms with Gasteiger partial charge in [-0.3, -0.25) is 9.59 Å². The van der Waals surface area contributed by atoms with Crippen LogP contribution in [0.2, 0.25) is 0 Å². The third kappa shape index (κ3) is 3.42. The van der Waals surface area contributed by atoms with E-state index in [-0.39, 0.29) is 17.5 Å². The van der Waals surface area contributed by atoms with Crippen LogP contribution in [0.5, 0.6) is 0 Å². The van der Waals surface area contributed by atoms with Crippen molar-refractivity contribution in [2.45, 2.75) is 25.3 Å². The van der Waals surface area contributed by atoms with Crippen molar-refractivity contribution in [2.75, 3.05) is 11.9 Å². The number of hydrogen-bond acceptors (Lipinski definition) is 3. The largest absolute Gasteiger partial charge is 0.326 e. The number of nitrogens with one attached hydrogen (secondary N) is 1. The highest BCUT2D eigenvalue weighted by Crippen LogP contribution is 2.23. The van der Waals surface area contributed by atoms with Crippen LogP contribution in [-0.4, -0.2) is 29.3 Å². The molecule has 1 N–H and O–H groups in total. The minimum absolute atomic E-state index is 0.131. The first-order valence-corrected chi connectivity index (χ1v) is 8.44. The highest BCUT2D eigenvalue weighted by Gasteiger charge is 2.33. The summed E-state index contributed by atoms with van der Waals surface area (Å²) >= 11 is 1.36. The Morgan fingerprint density at radius 2 is 2.00 bits per heavy atom. The minimum Gasteiger partial charge on any atom is -0.326 e. The van der Waals surface area contributed by atoms with Crippen LogP contribution in [-0.2, 0) is 4.79 Å². The summed E-state index contributed by atoms with van der Waals surface area (Å²) < 4.78 is 13.7. The number of halogens is 1. The first kappa shape index (κ1) is 15.7. The Morgan fingerprint density at radius 1 is 1.17 bits per heavy atom. The number of rotatable bonds is 3. The van der Waals surface area contributed by atoms with E-state index in [1.807, 2.05) is 11.4 Å². The third-order valence-electron chi connectivity index (χ3n) is 3.93. The van der Waals surface area contributed by atoms with Gasteiger partial charge in [-0.1, -0.05) is 18.2 Å². The lowest BCUT2D eigenvalue weighted by molar-refractivity contribution is -0.121. The molecule has 1 fully saturated rings. The van der Waals surface area contributed by atoms with Crippen LogP contribution in [0.15, 0.2) is 41.8 Å². The van der Waals surface area contributed by atoms with Crippen LogP contribution in [0.25, 0.3) is 0 Å². The molecule has 0 bridgehead atoms. The van der Waals surface area contributed by atoms with E-state index < -0.39 is 11.9 Å². The molecule has 1 atom stereocenters. The lowest BCUT2D eigenvalue weighted by atomic mass is 10.0. The summed E-state index contributed by atoms with van der Waals surface area (Å²) in [5, 5.41) is 4.44. The summed E-state index contributed by atoms with van der Waals surface area (Å²) in [6.45, 7) is 0.548. The summed E-state index contributed by atoms with van der Waals surface area (Å²) in [6, 6.07) is 9.06. The predicted molar refractivity (Wildman–Crippen MR) is 88.0 cm³/mol. The Bertz CT molecular complexity index is 702. The maximum absolute atomic E-state index is 13.7. The van der Waals surface area contributed by atoms with Crippen LogP contribution >= 0.6 is 11.3 Å². The fraction of sp³-hybridized carbons (Fsp3) is 0.294. The number of para-hydroxylation sites is 1. The highest BCUT2D eigenvalue weighted by molar-refractivity contribution is 7.12. The smallest absolute Gasteiger partial charge is 0.264 e. The van der Waals surface area contributed by atoms with Crippen LogP contribution < -0.4 is 5.32 Å². The van der Waals surface area contributed by atoms with Gasteiger partial charge in [-0.2, -0.15) is 0 Å². The van der Waals surface area contributed by atoms with Crippen LogP contribution in [0.3, 0.4) is 0 Å². The molecule has 0 radical (unpaired) electrons. The SMILES string of the molecule is O=C(Nc1ccccc1F)[C@H]1CCCCN1C(=O)c1cccs1. The van der Waals surface area contributed by atoms with Crippen molar-refractivity contribution in [3.63, 3.8) is 0 Å². The van der Waals surface area contributed by atoms with Crippen molar-refractivity contribution in [1.82, 2.24) is 4.90 Å². The topological polar surface area (TPSA) is 49.4 Å². The van der Waals surface area contributed by atoms with Crippen LogP contribution in [0.1, 0.15) is 28.9 Å². The molecule has 4 nitrogen and oxygen atoms in total. The van der Waals surface area contributed by atoms with E-state index in [0.29, 0.717) is 17.8 Å². The Labute approximate surface area is 137 Å². The van der Waals surface area contributed by atoms with E-state index in [4.69, 9.17) is 0 Å². The monoisotopic (exact) mass is 332 g/mol. The van der Waals surface area contributed by atoms with E-state index in [1.165, 1.54) is 23.5 Å². The van der Waals surface area contributed by atoms with Gasteiger partial charge in [0.2, 0.25) is 5.91 Å². The van der Waals surface area contributed by atoms with Gasteiger partial charge in [-0.15, -0.1) is 11.3 Å². The summed E-state index contributed by atoms with van der Waals surface area (Å²) in [4.78, 5) is 27.3. The number of carbonyl (C=O) groups is 2. The van der Waals surface area contributed by atoms with Crippen LogP contribution in [0, 0.1) is 5.82 Å². The zero-order valence-corrected chi connectivity index (χ0v) is 13.3. The number of hydrogen-bond donors (Lipinski definition) is 1. The van der Waals surface area contributed by atoms with E-state index in [1.54, 1.807) is 23.1 Å². The molecule has 0 saturated carbocycles. The molecular weight excluding hydrogens is 315 g/mol. The van der Waals surface area contributed by atoms with Crippen molar-refractivity contribution >= 4 is 28.8 Å². The van der Waals surface area contributed by atoms with Crippen molar-refractivity contribution in [1.29, 1.82) is 0 Å². The maximum atomic E-state index is 13.7. The van der Waals surface area contributed by atoms with Crippen molar-refractivity contribution in [3.8, 4) is 0 Å². The van der Waals surface area contributed by atoms with Crippen molar-refractivity contribution in [2.24, 2.45) is 0 Å². The molecule has 1 aromatic heterocycles. The second-order valence-electron chi connectivity index (χ2n) is 5.46. The Kier molecular flexibility index (Phi) is 4.71. The van der Waals surface area contributed by atoms with Crippen molar-refractivity contribution in [3.05, 3.63) is 52.5 Å². The zero-order chi connectivity index (χ0) is 16.2. The van der Waals surface area contributed by atoms with Gasteiger partial charge in [0.15, 0.2) is 0 Å². The number of amides is 2. The molecule has 2 amide bonds. The number of anilines is 1. The number of piperidine rings is 1. The summed E-state index contributed by atoms with van der Waals surface area (Å²) in [7, 11) is 0. The molecule has 1 aromatic carbocycles. The van der Waals surface area contributed by atoms with Gasteiger partial charge in [0.05, 0.1) is 10.6 Å². The molecule has 2 aromatic rings. The number of benzene rings is 1. The molecule has 120 valence electrons. The third-order valence-corrected chi connectivity index (χ3v) is 4.79. The van der Waals surface area contributed by atoms with E-state index in [2.05, 4.69) is 5.32 Å². The number of carbonyl (C=O) groups excluding carboxylic acids is 2. The van der Waals surface area contributed by atoms with Gasteiger partial charge in [0.1, 0.15) is 11.9 Å². The van der Waals surface area contributed by atoms with Gasteiger partial charge in [-0.25, -0.2) is 4.39 Å². The molecule has 1 aliphatic rings. The average Bonchev–Trinajstić information content (AvgIpc) is 3.11. The number of thiophene rings is 1. The number of likely N-dealkylation sites (tertiary alicyclic amines) is 1. The second kappa shape index (κ2) is 6.91. The fourth-order valence-corrected chi connectivity index (χ4v) is 3.45. The van der Waals surface area contributed by atoms with Gasteiger partial charge in [0.25, 0.3) is 5.91 Å². The molecule has 0 spiro atoms. The minimum atomic E-state index is -0.557. The molecule has 0 aliphatic carbocycles. The van der Waals surface area contributed by atoms with Gasteiger partial charge < -0.3 is 10.2 Å². The van der Waals surface area contributed by atoms with Gasteiger partial charge in [0, 0.05) is 6.54 Å². The van der Waals surface area contributed by atoms with Crippen LogP contribution in [0.4, 0.5) is 10.1 Å². The van der Waals surface area contributed by atoms with Crippen molar-refractivity contribution < 1.29 is 14.0 Å². The standard InChI is InChI=1S/C17H17FN2O2S/c18-12-6-1-2-7-13(12)19-16(21)14-8-3-4-10-20(14)17(22)15-9-5-11-23-15/h1-2,5-7,9,11,14H,3-4,8,10H2,(H,19,21)/t14-/m1/s1. The molecular formula is C17H17FN2O2S. The van der Waals surface area contributed by atoms with E-state index in [9.17, 15) is 14.0 Å². The number of nitrogens with zero attached hydrogens (tertiary/aromatic N) is 1. The average molecular weight is 332 g/mol. The summed E-state index contributed by atoms with van der Waals surface area (Å²) in [5.41, 5.74) is 0.145. The Morgan fingerprint density at radius 3 is 2.74 bits per heavy atom. The van der Waals surface area contributed by atoms with E-state index >= 15 is 0 Å². The molecule has 2 heterocycles. The zero-order valence-electron chi connectivity index (χ0n) is 12.5. The van der Waals surface area contributed by atoms with Gasteiger partial charge >= 0.3 is 0 Å². The fourth-order valence-electron chi connectivity index (χ4n) is 2.77. The molecule has 1 aliphatic heterocycles. The first-order valence-electron chi connectivity index (χ1n) is 7.56. The Balaban J connectivity index is 1.77. The molecule has 0 unspecified atom stereocenters.